The van der Waals surface area contributed by atoms with Crippen LogP contribution in [-0.4, -0.2) is 0 Å². The molecule has 0 aliphatic rings. The van der Waals surface area contributed by atoms with E-state index in [1.54, 1.807) is 0 Å². The molecule has 0 aromatic heterocycles. The molecular weight excluding hydrogens is 450 g/mol. The summed E-state index contributed by atoms with van der Waals surface area (Å²) in [5.41, 5.74) is 2.32. The summed E-state index contributed by atoms with van der Waals surface area (Å²) in [5.74, 6) is 1.90. The molecule has 2 nitrogen and oxygen atoms in total. The average molecular weight is 466 g/mol. The van der Waals surface area contributed by atoms with E-state index in [9.17, 15) is 0 Å². The predicted octanol–water partition coefficient (Wildman–Crippen LogP) is 4.52. The second-order valence-electron chi connectivity index (χ2n) is 3.82. The van der Waals surface area contributed by atoms with Gasteiger partial charge in [-0.15, -0.1) is 24.8 Å². The quantitative estimate of drug-likeness (QED) is 0.619. The van der Waals surface area contributed by atoms with E-state index >= 15 is 0 Å². The normalized spacial score (nSPS) is 8.74. The number of rotatable bonds is 4. The van der Waals surface area contributed by atoms with Gasteiger partial charge in [0, 0.05) is 0 Å². The van der Waals surface area contributed by atoms with Crippen LogP contribution in [0, 0.1) is 13.8 Å². The van der Waals surface area contributed by atoms with E-state index in [0.717, 1.165) is 22.6 Å². The maximum Gasteiger partial charge on any atom is -0.147 e. The maximum absolute atomic E-state index is 5.77. The zero-order chi connectivity index (χ0) is 12.1. The summed E-state index contributed by atoms with van der Waals surface area (Å²) in [6.45, 7) is 4.10. The van der Waals surface area contributed by atoms with Crippen LogP contribution in [0.4, 0.5) is 0 Å². The molecule has 0 aliphatic heterocycles. The Morgan fingerprint density at radius 2 is 1.05 bits per heavy atom. The fraction of sp³-hybridized carbons (Fsp3) is 0.143. The third-order valence-corrected chi connectivity index (χ3v) is 4.67. The zero-order valence-electron chi connectivity index (χ0n) is 10.8. The van der Waals surface area contributed by atoms with Gasteiger partial charge in [0.15, 0.2) is 0 Å². The molecule has 0 saturated carbocycles. The number of benzene rings is 2. The van der Waals surface area contributed by atoms with Crippen LogP contribution in [-0.2, 0) is 23.8 Å². The van der Waals surface area contributed by atoms with Crippen molar-refractivity contribution >= 4 is 24.8 Å². The second-order valence-corrected chi connectivity index (χ2v) is 5.88. The standard InChI is InChI=1S/2C7H8O.2ClH.Hf/c2*1-6-4-2-3-5-7(6)8;;;/h2*2-5,8H,1H3;2*1H;/q;;;;+2/p-2. The van der Waals surface area contributed by atoms with Gasteiger partial charge in [-0.1, -0.05) is 0 Å². The van der Waals surface area contributed by atoms with Crippen molar-refractivity contribution in [1.82, 2.24) is 0 Å². The number of halogens is 2. The molecule has 0 fully saturated rings. The summed E-state index contributed by atoms with van der Waals surface area (Å²) in [5, 5.41) is 0. The fourth-order valence-corrected chi connectivity index (χ4v) is 3.89. The van der Waals surface area contributed by atoms with E-state index in [2.05, 4.69) is 0 Å². The van der Waals surface area contributed by atoms with E-state index in [-0.39, 0.29) is 24.8 Å². The van der Waals surface area contributed by atoms with Gasteiger partial charge in [-0.3, -0.25) is 0 Å². The van der Waals surface area contributed by atoms with Gasteiger partial charge in [0.1, 0.15) is 0 Å². The molecule has 19 heavy (non-hydrogen) atoms. The van der Waals surface area contributed by atoms with Crippen LogP contribution in [0.1, 0.15) is 11.1 Å². The maximum atomic E-state index is 5.77. The monoisotopic (exact) mass is 466 g/mol. The van der Waals surface area contributed by atoms with Crippen molar-refractivity contribution in [3.05, 3.63) is 59.7 Å². The van der Waals surface area contributed by atoms with Crippen LogP contribution in [0.15, 0.2) is 48.5 Å². The molecule has 0 heterocycles. The molecule has 2 aromatic carbocycles. The van der Waals surface area contributed by atoms with E-state index in [1.165, 1.54) is 0 Å². The van der Waals surface area contributed by atoms with Gasteiger partial charge in [0.05, 0.1) is 0 Å². The van der Waals surface area contributed by atoms with Crippen LogP contribution in [0.25, 0.3) is 0 Å². The third-order valence-electron chi connectivity index (χ3n) is 2.49. The van der Waals surface area contributed by atoms with Crippen LogP contribution in [0.2, 0.25) is 0 Å². The molecular formula is C14H16Cl2HfO2. The number of para-hydroxylation sites is 2. The Balaban J connectivity index is 0.00000162. The first-order valence-electron chi connectivity index (χ1n) is 5.47. The van der Waals surface area contributed by atoms with Crippen molar-refractivity contribution in [3.63, 3.8) is 0 Å². The van der Waals surface area contributed by atoms with Crippen molar-refractivity contribution < 1.29 is 29.5 Å². The van der Waals surface area contributed by atoms with Crippen LogP contribution < -0.4 is 5.71 Å². The summed E-state index contributed by atoms with van der Waals surface area (Å²) in [6, 6.07) is 16.1. The van der Waals surface area contributed by atoms with Gasteiger partial charge < -0.3 is 0 Å². The van der Waals surface area contributed by atoms with E-state index in [1.807, 2.05) is 62.4 Å². The van der Waals surface area contributed by atoms with Gasteiger partial charge in [-0.2, -0.15) is 0 Å². The smallest absolute Gasteiger partial charge is 0.147 e. The molecule has 2 rings (SSSR count). The van der Waals surface area contributed by atoms with E-state index in [4.69, 9.17) is 5.71 Å². The van der Waals surface area contributed by atoms with E-state index in [0.29, 0.717) is 0 Å². The summed E-state index contributed by atoms with van der Waals surface area (Å²) < 4.78 is 11.5. The molecule has 0 spiro atoms. The molecule has 0 unspecified atom stereocenters. The molecule has 5 heteroatoms. The van der Waals surface area contributed by atoms with Gasteiger partial charge in [-0.25, -0.2) is 0 Å². The molecule has 102 valence electrons. The topological polar surface area (TPSA) is 18.5 Å². The van der Waals surface area contributed by atoms with E-state index < -0.39 is 23.8 Å². The van der Waals surface area contributed by atoms with Gasteiger partial charge in [-0.05, 0) is 0 Å². The molecule has 2 aromatic rings. The summed E-state index contributed by atoms with van der Waals surface area (Å²) in [7, 11) is 0. The number of hydrogen-bond donors (Lipinski definition) is 0. The first kappa shape index (κ1) is 18.5. The Labute approximate surface area is 138 Å². The molecule has 0 aliphatic carbocycles. The van der Waals surface area contributed by atoms with Gasteiger partial charge in [0.2, 0.25) is 0 Å². The Kier molecular flexibility index (Phi) is 9.15. The Morgan fingerprint density at radius 3 is 1.42 bits per heavy atom. The van der Waals surface area contributed by atoms with Gasteiger partial charge >= 0.3 is 114 Å². The van der Waals surface area contributed by atoms with Crippen LogP contribution in [0.5, 0.6) is 11.5 Å². The molecule has 0 bridgehead atoms. The molecule has 0 N–H and O–H groups in total. The zero-order valence-corrected chi connectivity index (χ0v) is 16.0. The summed E-state index contributed by atoms with van der Waals surface area (Å²) in [4.78, 5) is 0. The molecule has 0 atom stereocenters. The predicted molar refractivity (Wildman–Crippen MR) is 78.1 cm³/mol. The molecule has 0 saturated heterocycles. The Bertz CT molecular complexity index is 461. The van der Waals surface area contributed by atoms with Crippen molar-refractivity contribution in [2.75, 3.05) is 0 Å². The van der Waals surface area contributed by atoms with Crippen molar-refractivity contribution in [2.24, 2.45) is 0 Å². The Hall–Kier alpha value is -0.510. The minimum absolute atomic E-state index is 0. The minimum Gasteiger partial charge on any atom is -0.147 e. The summed E-state index contributed by atoms with van der Waals surface area (Å²) >= 11 is -1.53. The van der Waals surface area contributed by atoms with Crippen molar-refractivity contribution in [2.45, 2.75) is 13.8 Å². The minimum atomic E-state index is -1.53. The number of hydrogen-bond acceptors (Lipinski definition) is 2. The molecule has 0 amide bonds. The van der Waals surface area contributed by atoms with Crippen LogP contribution >= 0.6 is 24.8 Å². The fourth-order valence-electron chi connectivity index (χ4n) is 1.45. The Morgan fingerprint density at radius 1 is 0.684 bits per heavy atom. The second kappa shape index (κ2) is 9.40. The first-order chi connectivity index (χ1) is 8.27. The van der Waals surface area contributed by atoms with Gasteiger partial charge in [0.25, 0.3) is 0 Å². The number of aryl methyl sites for hydroxylation is 2. The average Bonchev–Trinajstić information content (AvgIpc) is 2.34. The SMILES string of the molecule is Cc1ccccc1[O][Hf][O]c1ccccc1C.Cl.Cl. The van der Waals surface area contributed by atoms with Crippen LogP contribution in [0.3, 0.4) is 0 Å². The van der Waals surface area contributed by atoms with Crippen molar-refractivity contribution in [3.8, 4) is 11.5 Å². The van der Waals surface area contributed by atoms with Crippen molar-refractivity contribution in [1.29, 1.82) is 0 Å². The summed E-state index contributed by atoms with van der Waals surface area (Å²) in [6.07, 6.45) is 0. The largest absolute Gasteiger partial charge is 0.147 e. The first-order valence-corrected chi connectivity index (χ1v) is 8.40. The third kappa shape index (κ3) is 5.55. The molecule has 0 radical (unpaired) electrons.